The van der Waals surface area contributed by atoms with Crippen LogP contribution in [0.15, 0.2) is 46.6 Å². The molecule has 9 nitrogen and oxygen atoms in total. The number of hydrogen-bond acceptors (Lipinski definition) is 7. The summed E-state index contributed by atoms with van der Waals surface area (Å²) in [6, 6.07) is 7.67. The van der Waals surface area contributed by atoms with Gasteiger partial charge in [-0.2, -0.15) is 8.42 Å². The van der Waals surface area contributed by atoms with Gasteiger partial charge in [-0.25, -0.2) is 4.18 Å². The van der Waals surface area contributed by atoms with Gasteiger partial charge < -0.3 is 20.4 Å². The standard InChI is InChI=1S/C16H22N4O5S/c1-5-20-13(15(22)18-3)12(14(21)17-2)19(4)16(20)25-26(23,24)11-9-7-6-8-10-11/h6-10,16H,5H2,1-4H3,(H,17,21)(H,18,22). The van der Waals surface area contributed by atoms with Crippen LogP contribution in [-0.4, -0.2) is 64.1 Å². The predicted octanol–water partition coefficient (Wildman–Crippen LogP) is -0.354. The second kappa shape index (κ2) is 7.75. The largest absolute Gasteiger partial charge is 0.354 e. The third-order valence-corrected chi connectivity index (χ3v) is 5.21. The average molecular weight is 382 g/mol. The summed E-state index contributed by atoms with van der Waals surface area (Å²) < 4.78 is 30.6. The fourth-order valence-electron chi connectivity index (χ4n) is 2.66. The Hall–Kier alpha value is -2.59. The number of likely N-dealkylation sites (N-methyl/N-ethyl adjacent to an activating group) is 4. The van der Waals surface area contributed by atoms with Gasteiger partial charge in [0, 0.05) is 27.7 Å². The van der Waals surface area contributed by atoms with E-state index in [0.29, 0.717) is 0 Å². The minimum Gasteiger partial charge on any atom is -0.354 e. The summed E-state index contributed by atoms with van der Waals surface area (Å²) in [5.41, 5.74) is 0.0760. The van der Waals surface area contributed by atoms with Gasteiger partial charge in [0.15, 0.2) is 0 Å². The molecule has 0 saturated heterocycles. The Morgan fingerprint density at radius 3 is 2.12 bits per heavy atom. The molecule has 1 unspecified atom stereocenters. The molecule has 0 aromatic heterocycles. The van der Waals surface area contributed by atoms with Crippen LogP contribution in [-0.2, 0) is 23.9 Å². The molecule has 1 heterocycles. The third kappa shape index (κ3) is 3.51. The van der Waals surface area contributed by atoms with Gasteiger partial charge in [-0.1, -0.05) is 18.2 Å². The highest BCUT2D eigenvalue weighted by Crippen LogP contribution is 2.31. The number of amides is 2. The molecule has 0 saturated carbocycles. The number of hydrogen-bond donors (Lipinski definition) is 2. The van der Waals surface area contributed by atoms with Crippen molar-refractivity contribution in [3.63, 3.8) is 0 Å². The normalized spacial score (nSPS) is 17.5. The second-order valence-electron chi connectivity index (χ2n) is 5.44. The molecule has 142 valence electrons. The monoisotopic (exact) mass is 382 g/mol. The van der Waals surface area contributed by atoms with Crippen LogP contribution in [0.3, 0.4) is 0 Å². The van der Waals surface area contributed by atoms with Crippen LogP contribution in [0.25, 0.3) is 0 Å². The number of carbonyl (C=O) groups is 2. The molecule has 1 atom stereocenters. The summed E-state index contributed by atoms with van der Waals surface area (Å²) in [6.07, 6.45) is -1.16. The van der Waals surface area contributed by atoms with Gasteiger partial charge in [0.2, 0.25) is 6.35 Å². The van der Waals surface area contributed by atoms with Crippen molar-refractivity contribution >= 4 is 21.9 Å². The predicted molar refractivity (Wildman–Crippen MR) is 93.8 cm³/mol. The first-order chi connectivity index (χ1) is 12.3. The lowest BCUT2D eigenvalue weighted by atomic mass is 10.2. The van der Waals surface area contributed by atoms with Gasteiger partial charge in [-0.15, -0.1) is 0 Å². The summed E-state index contributed by atoms with van der Waals surface area (Å²) >= 11 is 0. The summed E-state index contributed by atoms with van der Waals surface area (Å²) in [4.78, 5) is 27.3. The van der Waals surface area contributed by atoms with Gasteiger partial charge >= 0.3 is 0 Å². The number of carbonyl (C=O) groups excluding carboxylic acids is 2. The smallest absolute Gasteiger partial charge is 0.300 e. The maximum absolute atomic E-state index is 12.6. The Labute approximate surface area is 152 Å². The van der Waals surface area contributed by atoms with E-state index in [9.17, 15) is 18.0 Å². The molecule has 0 bridgehead atoms. The van der Waals surface area contributed by atoms with Crippen molar-refractivity contribution in [2.75, 3.05) is 27.7 Å². The molecule has 1 aliphatic heterocycles. The van der Waals surface area contributed by atoms with Crippen molar-refractivity contribution in [1.82, 2.24) is 20.4 Å². The molecule has 26 heavy (non-hydrogen) atoms. The van der Waals surface area contributed by atoms with E-state index in [1.807, 2.05) is 0 Å². The van der Waals surface area contributed by atoms with Crippen LogP contribution in [0.2, 0.25) is 0 Å². The minimum absolute atomic E-state index is 0.0145. The Morgan fingerprint density at radius 1 is 1.08 bits per heavy atom. The Balaban J connectivity index is 2.45. The molecule has 0 spiro atoms. The van der Waals surface area contributed by atoms with E-state index in [1.54, 1.807) is 25.1 Å². The van der Waals surface area contributed by atoms with Crippen LogP contribution >= 0.6 is 0 Å². The molecular weight excluding hydrogens is 360 g/mol. The molecule has 1 aromatic rings. The van der Waals surface area contributed by atoms with Crippen LogP contribution in [0.1, 0.15) is 6.92 Å². The molecule has 0 aliphatic carbocycles. The topological polar surface area (TPSA) is 108 Å². The molecule has 0 fully saturated rings. The molecule has 2 amide bonds. The van der Waals surface area contributed by atoms with E-state index in [-0.39, 0.29) is 22.8 Å². The van der Waals surface area contributed by atoms with E-state index in [0.717, 1.165) is 0 Å². The zero-order valence-corrected chi connectivity index (χ0v) is 15.8. The highest BCUT2D eigenvalue weighted by molar-refractivity contribution is 7.86. The average Bonchev–Trinajstić information content (AvgIpc) is 2.92. The van der Waals surface area contributed by atoms with Crippen molar-refractivity contribution in [1.29, 1.82) is 0 Å². The summed E-state index contributed by atoms with van der Waals surface area (Å²) in [7, 11) is 0.246. The lowest BCUT2D eigenvalue weighted by Gasteiger charge is -2.30. The van der Waals surface area contributed by atoms with E-state index in [2.05, 4.69) is 10.6 Å². The van der Waals surface area contributed by atoms with Gasteiger partial charge in [0.1, 0.15) is 11.4 Å². The Kier molecular flexibility index (Phi) is 5.88. The quantitative estimate of drug-likeness (QED) is 0.647. The van der Waals surface area contributed by atoms with Crippen LogP contribution in [0.5, 0.6) is 0 Å². The fourth-order valence-corrected chi connectivity index (χ4v) is 3.72. The zero-order chi connectivity index (χ0) is 19.5. The van der Waals surface area contributed by atoms with Crippen LogP contribution in [0, 0.1) is 0 Å². The zero-order valence-electron chi connectivity index (χ0n) is 15.0. The molecular formula is C16H22N4O5S. The SMILES string of the molecule is CCN1C(C(=O)NC)=C(C(=O)NC)N(C)C1OS(=O)(=O)c1ccccc1. The van der Waals surface area contributed by atoms with Crippen molar-refractivity contribution in [2.45, 2.75) is 18.2 Å². The van der Waals surface area contributed by atoms with Crippen molar-refractivity contribution in [3.8, 4) is 0 Å². The van der Waals surface area contributed by atoms with Gasteiger partial charge in [0.25, 0.3) is 21.9 Å². The molecule has 1 aliphatic rings. The second-order valence-corrected chi connectivity index (χ2v) is 7.01. The van der Waals surface area contributed by atoms with Crippen LogP contribution < -0.4 is 10.6 Å². The maximum atomic E-state index is 12.6. The highest BCUT2D eigenvalue weighted by Gasteiger charge is 2.44. The first-order valence-electron chi connectivity index (χ1n) is 7.94. The van der Waals surface area contributed by atoms with Crippen LogP contribution in [0.4, 0.5) is 0 Å². The first kappa shape index (κ1) is 19.7. The molecule has 1 aromatic carbocycles. The first-order valence-corrected chi connectivity index (χ1v) is 9.35. The molecule has 10 heteroatoms. The maximum Gasteiger partial charge on any atom is 0.300 e. The summed E-state index contributed by atoms with van der Waals surface area (Å²) in [5.74, 6) is -1.03. The highest BCUT2D eigenvalue weighted by atomic mass is 32.2. The minimum atomic E-state index is -4.10. The summed E-state index contributed by atoms with van der Waals surface area (Å²) in [6.45, 7) is 1.98. The van der Waals surface area contributed by atoms with E-state index < -0.39 is 28.3 Å². The van der Waals surface area contributed by atoms with Crippen molar-refractivity contribution in [2.24, 2.45) is 0 Å². The lowest BCUT2D eigenvalue weighted by molar-refractivity contribution is -0.120. The van der Waals surface area contributed by atoms with Gasteiger partial charge in [0.05, 0.1) is 4.90 Å². The van der Waals surface area contributed by atoms with E-state index in [4.69, 9.17) is 4.18 Å². The lowest BCUT2D eigenvalue weighted by Crippen LogP contribution is -2.44. The van der Waals surface area contributed by atoms with Crippen molar-refractivity contribution in [3.05, 3.63) is 41.7 Å². The van der Waals surface area contributed by atoms with E-state index in [1.165, 1.54) is 43.1 Å². The number of rotatable bonds is 6. The summed E-state index contributed by atoms with van der Waals surface area (Å²) in [5, 5.41) is 4.92. The third-order valence-electron chi connectivity index (χ3n) is 3.93. The number of nitrogens with one attached hydrogen (secondary N) is 2. The molecule has 2 N–H and O–H groups in total. The molecule has 0 radical (unpaired) electrons. The Bertz CT molecular complexity index is 822. The number of nitrogens with zero attached hydrogens (tertiary/aromatic N) is 2. The van der Waals surface area contributed by atoms with Gasteiger partial charge in [-0.05, 0) is 19.1 Å². The number of benzene rings is 1. The van der Waals surface area contributed by atoms with Crippen molar-refractivity contribution < 1.29 is 22.2 Å². The Morgan fingerprint density at radius 2 is 1.62 bits per heavy atom. The van der Waals surface area contributed by atoms with E-state index >= 15 is 0 Å². The molecule has 2 rings (SSSR count). The van der Waals surface area contributed by atoms with Gasteiger partial charge in [-0.3, -0.25) is 9.59 Å². The fraction of sp³-hybridized carbons (Fsp3) is 0.375.